The van der Waals surface area contributed by atoms with Crippen LogP contribution in [-0.2, 0) is 0 Å². The zero-order valence-corrected chi connectivity index (χ0v) is 5.85. The summed E-state index contributed by atoms with van der Waals surface area (Å²) in [6, 6.07) is 0. The number of hydrogen-bond acceptors (Lipinski definition) is 6. The molecule has 0 saturated carbocycles. The summed E-state index contributed by atoms with van der Waals surface area (Å²) < 4.78 is 1.08. The van der Waals surface area contributed by atoms with Crippen molar-refractivity contribution in [1.82, 2.24) is 24.8 Å². The van der Waals surface area contributed by atoms with Gasteiger partial charge in [0, 0.05) is 0 Å². The predicted octanol–water partition coefficient (Wildman–Crippen LogP) is -2.02. The minimum atomic E-state index is -0.466. The van der Waals surface area contributed by atoms with Crippen molar-refractivity contribution >= 4 is 17.5 Å². The molecule has 8 heteroatoms. The fourth-order valence-electron chi connectivity index (χ4n) is 0.837. The third-order valence-corrected chi connectivity index (χ3v) is 1.32. The van der Waals surface area contributed by atoms with Crippen LogP contribution < -0.4 is 17.0 Å². The van der Waals surface area contributed by atoms with Gasteiger partial charge in [-0.3, -0.25) is 9.78 Å². The zero-order valence-electron chi connectivity index (χ0n) is 5.85. The van der Waals surface area contributed by atoms with Gasteiger partial charge in [-0.05, 0) is 0 Å². The van der Waals surface area contributed by atoms with Crippen LogP contribution in [0.1, 0.15) is 0 Å². The Bertz CT molecular complexity index is 482. The molecule has 5 N–H and O–H groups in total. The Morgan fingerprint density at radius 1 is 1.33 bits per heavy atom. The van der Waals surface area contributed by atoms with Crippen LogP contribution in [0.5, 0.6) is 0 Å². The van der Waals surface area contributed by atoms with E-state index in [1.165, 1.54) is 0 Å². The predicted molar refractivity (Wildman–Crippen MR) is 40.2 cm³/mol. The summed E-state index contributed by atoms with van der Waals surface area (Å²) in [6.45, 7) is 0. The highest BCUT2D eigenvalue weighted by atomic mass is 16.1. The molecule has 2 rings (SSSR count). The van der Waals surface area contributed by atoms with Crippen LogP contribution in [0.4, 0.5) is 11.9 Å². The highest BCUT2D eigenvalue weighted by Gasteiger charge is 2.06. The maximum Gasteiger partial charge on any atom is 0.297 e. The molecule has 2 heterocycles. The summed E-state index contributed by atoms with van der Waals surface area (Å²) in [7, 11) is 0. The SMILES string of the molecule is Nc1nn2c(N)nnc2c(=O)[nH]1. The van der Waals surface area contributed by atoms with E-state index in [9.17, 15) is 4.79 Å². The molecule has 0 atom stereocenters. The lowest BCUT2D eigenvalue weighted by Gasteiger charge is -1.93. The van der Waals surface area contributed by atoms with E-state index in [2.05, 4.69) is 20.3 Å². The fraction of sp³-hybridized carbons (Fsp3) is 0. The molecule has 0 aromatic carbocycles. The number of nitrogens with zero attached hydrogens (tertiary/aromatic N) is 4. The lowest BCUT2D eigenvalue weighted by Crippen LogP contribution is -2.16. The molecule has 0 aliphatic heterocycles. The topological polar surface area (TPSA) is 128 Å². The molecule has 2 aromatic rings. The largest absolute Gasteiger partial charge is 0.368 e. The van der Waals surface area contributed by atoms with Crippen LogP contribution in [0.2, 0.25) is 0 Å². The van der Waals surface area contributed by atoms with Crippen molar-refractivity contribution in [2.75, 3.05) is 11.5 Å². The van der Waals surface area contributed by atoms with Crippen LogP contribution in [0.15, 0.2) is 4.79 Å². The van der Waals surface area contributed by atoms with E-state index < -0.39 is 5.56 Å². The minimum Gasteiger partial charge on any atom is -0.368 e. The Morgan fingerprint density at radius 3 is 2.83 bits per heavy atom. The Labute approximate surface area is 65.2 Å². The van der Waals surface area contributed by atoms with Crippen molar-refractivity contribution in [3.63, 3.8) is 0 Å². The van der Waals surface area contributed by atoms with E-state index in [4.69, 9.17) is 11.5 Å². The van der Waals surface area contributed by atoms with Gasteiger partial charge >= 0.3 is 0 Å². The second kappa shape index (κ2) is 1.94. The average molecular weight is 167 g/mol. The molecule has 0 aliphatic carbocycles. The normalized spacial score (nSPS) is 10.7. The molecule has 0 fully saturated rings. The van der Waals surface area contributed by atoms with Crippen molar-refractivity contribution in [2.24, 2.45) is 0 Å². The lowest BCUT2D eigenvalue weighted by atomic mass is 10.7. The smallest absolute Gasteiger partial charge is 0.297 e. The summed E-state index contributed by atoms with van der Waals surface area (Å²) >= 11 is 0. The molecule has 0 saturated heterocycles. The first-order valence-electron chi connectivity index (χ1n) is 3.05. The van der Waals surface area contributed by atoms with Crippen molar-refractivity contribution in [1.29, 1.82) is 0 Å². The maximum absolute atomic E-state index is 11.1. The van der Waals surface area contributed by atoms with E-state index >= 15 is 0 Å². The summed E-state index contributed by atoms with van der Waals surface area (Å²) in [6.07, 6.45) is 0. The molecule has 0 bridgehead atoms. The number of anilines is 2. The standard InChI is InChI=1S/C4H5N7O/c5-3-7-2(12)1-8-9-4(6)11(1)10-3/h(H2,6,9)(H3,5,7,10,12). The maximum atomic E-state index is 11.1. The first-order chi connectivity index (χ1) is 5.68. The molecule has 0 aliphatic rings. The number of aromatic nitrogens is 5. The Kier molecular flexibility index (Phi) is 1.06. The van der Waals surface area contributed by atoms with Gasteiger partial charge in [0.2, 0.25) is 17.5 Å². The second-order valence-corrected chi connectivity index (χ2v) is 2.13. The molecule has 8 nitrogen and oxygen atoms in total. The van der Waals surface area contributed by atoms with Gasteiger partial charge < -0.3 is 11.5 Å². The quantitative estimate of drug-likeness (QED) is 0.415. The molecule has 0 unspecified atom stereocenters. The third kappa shape index (κ3) is 0.713. The number of nitrogen functional groups attached to an aromatic ring is 2. The number of aromatic amines is 1. The number of fused-ring (bicyclic) bond motifs is 1. The zero-order chi connectivity index (χ0) is 8.72. The van der Waals surface area contributed by atoms with Crippen LogP contribution >= 0.6 is 0 Å². The van der Waals surface area contributed by atoms with Crippen molar-refractivity contribution < 1.29 is 0 Å². The number of rotatable bonds is 0. The summed E-state index contributed by atoms with van der Waals surface area (Å²) in [5.74, 6) is 0.00167. The van der Waals surface area contributed by atoms with E-state index in [1.807, 2.05) is 0 Å². The Hall–Kier alpha value is -2.12. The highest BCUT2D eigenvalue weighted by molar-refractivity contribution is 5.40. The summed E-state index contributed by atoms with van der Waals surface area (Å²) in [4.78, 5) is 13.3. The molecular weight excluding hydrogens is 162 g/mol. The molecule has 12 heavy (non-hydrogen) atoms. The van der Waals surface area contributed by atoms with Gasteiger partial charge in [-0.25, -0.2) is 0 Å². The fourth-order valence-corrected chi connectivity index (χ4v) is 0.837. The van der Waals surface area contributed by atoms with E-state index in [-0.39, 0.29) is 17.5 Å². The highest BCUT2D eigenvalue weighted by Crippen LogP contribution is 1.96. The molecule has 62 valence electrons. The number of nitrogens with two attached hydrogens (primary N) is 2. The first-order valence-corrected chi connectivity index (χ1v) is 3.05. The van der Waals surface area contributed by atoms with Gasteiger partial charge in [-0.1, -0.05) is 0 Å². The number of nitrogens with one attached hydrogen (secondary N) is 1. The second-order valence-electron chi connectivity index (χ2n) is 2.13. The van der Waals surface area contributed by atoms with E-state index in [1.54, 1.807) is 0 Å². The van der Waals surface area contributed by atoms with Gasteiger partial charge in [0.25, 0.3) is 5.56 Å². The average Bonchev–Trinajstić information content (AvgIpc) is 2.33. The van der Waals surface area contributed by atoms with E-state index in [0.717, 1.165) is 4.52 Å². The van der Waals surface area contributed by atoms with Gasteiger partial charge in [0.15, 0.2) is 0 Å². The molecule has 2 aromatic heterocycles. The molecule has 0 amide bonds. The molecule has 0 radical (unpaired) electrons. The minimum absolute atomic E-state index is 0.0287. The van der Waals surface area contributed by atoms with Crippen LogP contribution in [0.3, 0.4) is 0 Å². The summed E-state index contributed by atoms with van der Waals surface area (Å²) in [5.41, 5.74) is 10.1. The number of H-pyrrole nitrogens is 1. The summed E-state index contributed by atoms with van der Waals surface area (Å²) in [5, 5.41) is 10.6. The van der Waals surface area contributed by atoms with Crippen LogP contribution in [0, 0.1) is 0 Å². The van der Waals surface area contributed by atoms with Crippen molar-refractivity contribution in [3.8, 4) is 0 Å². The Morgan fingerprint density at radius 2 is 2.08 bits per heavy atom. The van der Waals surface area contributed by atoms with Gasteiger partial charge in [0.1, 0.15) is 0 Å². The van der Waals surface area contributed by atoms with Crippen molar-refractivity contribution in [2.45, 2.75) is 0 Å². The molecular formula is C4H5N7O. The van der Waals surface area contributed by atoms with Gasteiger partial charge in [-0.15, -0.1) is 15.3 Å². The van der Waals surface area contributed by atoms with Crippen molar-refractivity contribution in [3.05, 3.63) is 10.4 Å². The van der Waals surface area contributed by atoms with Gasteiger partial charge in [0.05, 0.1) is 0 Å². The van der Waals surface area contributed by atoms with Gasteiger partial charge in [-0.2, -0.15) is 4.52 Å². The third-order valence-electron chi connectivity index (χ3n) is 1.32. The monoisotopic (exact) mass is 167 g/mol. The first kappa shape index (κ1) is 6.58. The number of hydrogen-bond donors (Lipinski definition) is 3. The van der Waals surface area contributed by atoms with Crippen LogP contribution in [-0.4, -0.2) is 24.8 Å². The lowest BCUT2D eigenvalue weighted by molar-refractivity contribution is 0.903. The van der Waals surface area contributed by atoms with Crippen LogP contribution in [0.25, 0.3) is 5.65 Å². The Balaban J connectivity index is 3.03. The molecule has 0 spiro atoms. The van der Waals surface area contributed by atoms with E-state index in [0.29, 0.717) is 0 Å².